The maximum absolute atomic E-state index is 11.1. The van der Waals surface area contributed by atoms with E-state index in [1.54, 1.807) is 4.40 Å². The zero-order valence-electron chi connectivity index (χ0n) is 10.5. The van der Waals surface area contributed by atoms with Crippen molar-refractivity contribution in [3.8, 4) is 11.3 Å². The van der Waals surface area contributed by atoms with Crippen LogP contribution in [-0.2, 0) is 10.1 Å². The molecular weight excluding hydrogens is 296 g/mol. The van der Waals surface area contributed by atoms with Crippen LogP contribution in [0.25, 0.3) is 16.2 Å². The van der Waals surface area contributed by atoms with Crippen LogP contribution in [0.15, 0.2) is 46.8 Å². The number of rotatable bonds is 2. The topological polar surface area (TPSA) is 74.2 Å². The molecule has 102 valence electrons. The Morgan fingerprint density at radius 3 is 2.60 bits per heavy atom. The highest BCUT2D eigenvalue weighted by molar-refractivity contribution is 7.88. The molecule has 0 aliphatic heterocycles. The summed E-state index contributed by atoms with van der Waals surface area (Å²) in [7, 11) is -4.47. The average Bonchev–Trinajstić information content (AvgIpc) is 2.82. The summed E-state index contributed by atoms with van der Waals surface area (Å²) in [6.07, 6.45) is 1.33. The zero-order chi connectivity index (χ0) is 14.3. The summed E-state index contributed by atoms with van der Waals surface area (Å²) < 4.78 is 34.9. The third-order valence-electron chi connectivity index (χ3n) is 2.83. The van der Waals surface area contributed by atoms with Gasteiger partial charge >= 0.3 is 4.96 Å². The Hall–Kier alpha value is -1.83. The van der Waals surface area contributed by atoms with Gasteiger partial charge in [0, 0.05) is 18.6 Å². The molecule has 20 heavy (non-hydrogen) atoms. The van der Waals surface area contributed by atoms with Crippen molar-refractivity contribution in [2.24, 2.45) is 0 Å². The SMILES string of the molecule is Cc1cc(-c2ccccc2)[n+]2cc(S(=O)(=O)[O-])sc2n1. The van der Waals surface area contributed by atoms with E-state index in [-0.39, 0.29) is 4.21 Å². The monoisotopic (exact) mass is 306 g/mol. The molecule has 0 atom stereocenters. The quantitative estimate of drug-likeness (QED) is 0.534. The van der Waals surface area contributed by atoms with E-state index < -0.39 is 10.1 Å². The standard InChI is InChI=1S/C13H10N2O3S2/c1-9-7-11(10-5-3-2-4-6-10)15-8-12(20(16,17)18)19-13(15)14-9/h2-8H,1H3. The minimum Gasteiger partial charge on any atom is -0.743 e. The summed E-state index contributed by atoms with van der Waals surface area (Å²) in [6, 6.07) is 11.4. The summed E-state index contributed by atoms with van der Waals surface area (Å²) in [5, 5.41) is 0. The molecule has 3 aromatic rings. The van der Waals surface area contributed by atoms with Crippen LogP contribution in [0.2, 0.25) is 0 Å². The van der Waals surface area contributed by atoms with Crippen LogP contribution in [-0.4, -0.2) is 18.0 Å². The normalized spacial score (nSPS) is 11.9. The van der Waals surface area contributed by atoms with Gasteiger partial charge in [-0.25, -0.2) is 8.42 Å². The van der Waals surface area contributed by atoms with Gasteiger partial charge < -0.3 is 4.55 Å². The second-order valence-corrected chi connectivity index (χ2v) is 6.92. The minimum atomic E-state index is -4.47. The Morgan fingerprint density at radius 1 is 1.25 bits per heavy atom. The van der Waals surface area contributed by atoms with Crippen molar-refractivity contribution < 1.29 is 17.4 Å². The number of nitrogens with zero attached hydrogens (tertiary/aromatic N) is 2. The number of thiazole rings is 1. The fourth-order valence-electron chi connectivity index (χ4n) is 1.97. The van der Waals surface area contributed by atoms with E-state index in [0.29, 0.717) is 4.96 Å². The van der Waals surface area contributed by atoms with Crippen molar-refractivity contribution >= 4 is 26.4 Å². The molecule has 2 aromatic heterocycles. The summed E-state index contributed by atoms with van der Waals surface area (Å²) in [6.45, 7) is 1.83. The third kappa shape index (κ3) is 2.31. The van der Waals surface area contributed by atoms with Crippen LogP contribution < -0.4 is 4.40 Å². The first-order chi connectivity index (χ1) is 9.45. The molecular formula is C13H10N2O3S2. The summed E-state index contributed by atoms with van der Waals surface area (Å²) in [5.74, 6) is 0. The fraction of sp³-hybridized carbons (Fsp3) is 0.0769. The largest absolute Gasteiger partial charge is 0.743 e. The lowest BCUT2D eigenvalue weighted by atomic mass is 10.1. The van der Waals surface area contributed by atoms with Crippen molar-refractivity contribution in [1.82, 2.24) is 4.98 Å². The lowest BCUT2D eigenvalue weighted by Gasteiger charge is -2.00. The lowest BCUT2D eigenvalue weighted by molar-refractivity contribution is -0.499. The van der Waals surface area contributed by atoms with Gasteiger partial charge in [-0.3, -0.25) is 0 Å². The molecule has 0 radical (unpaired) electrons. The van der Waals surface area contributed by atoms with E-state index in [1.165, 1.54) is 6.20 Å². The van der Waals surface area contributed by atoms with Crippen LogP contribution in [0.3, 0.4) is 0 Å². The predicted octanol–water partition coefficient (Wildman–Crippen LogP) is 1.76. The number of aromatic nitrogens is 2. The van der Waals surface area contributed by atoms with E-state index in [2.05, 4.69) is 4.98 Å². The fourth-order valence-corrected chi connectivity index (χ4v) is 3.62. The number of fused-ring (bicyclic) bond motifs is 1. The molecule has 0 saturated carbocycles. The molecule has 2 heterocycles. The first-order valence-electron chi connectivity index (χ1n) is 5.79. The Morgan fingerprint density at radius 2 is 1.95 bits per heavy atom. The van der Waals surface area contributed by atoms with Crippen LogP contribution in [0.4, 0.5) is 0 Å². The minimum absolute atomic E-state index is 0.229. The van der Waals surface area contributed by atoms with Gasteiger partial charge in [0.05, 0.1) is 0 Å². The molecule has 0 aliphatic rings. The molecule has 0 saturated heterocycles. The Balaban J connectivity index is 2.35. The maximum atomic E-state index is 11.1. The molecule has 0 unspecified atom stereocenters. The summed E-state index contributed by atoms with van der Waals surface area (Å²) in [5.41, 5.74) is 2.50. The molecule has 0 spiro atoms. The highest BCUT2D eigenvalue weighted by Gasteiger charge is 2.20. The Kier molecular flexibility index (Phi) is 3.04. The molecule has 7 heteroatoms. The van der Waals surface area contributed by atoms with Crippen molar-refractivity contribution in [2.75, 3.05) is 0 Å². The van der Waals surface area contributed by atoms with Gasteiger partial charge in [0.15, 0.2) is 9.90 Å². The molecule has 0 fully saturated rings. The first-order valence-corrected chi connectivity index (χ1v) is 8.02. The molecule has 1 aromatic carbocycles. The zero-order valence-corrected chi connectivity index (χ0v) is 12.1. The van der Waals surface area contributed by atoms with Crippen LogP contribution in [0.5, 0.6) is 0 Å². The van der Waals surface area contributed by atoms with Gasteiger partial charge in [-0.15, -0.1) is 0 Å². The van der Waals surface area contributed by atoms with Crippen molar-refractivity contribution in [3.63, 3.8) is 0 Å². The van der Waals surface area contributed by atoms with E-state index in [9.17, 15) is 13.0 Å². The third-order valence-corrected chi connectivity index (χ3v) is 5.06. The lowest BCUT2D eigenvalue weighted by Crippen LogP contribution is -2.23. The van der Waals surface area contributed by atoms with Crippen LogP contribution >= 0.6 is 11.3 Å². The number of hydrogen-bond acceptors (Lipinski definition) is 5. The van der Waals surface area contributed by atoms with E-state index in [4.69, 9.17) is 0 Å². The molecule has 3 rings (SSSR count). The highest BCUT2D eigenvalue weighted by atomic mass is 32.3. The number of aryl methyl sites for hydroxylation is 1. The highest BCUT2D eigenvalue weighted by Crippen LogP contribution is 2.22. The maximum Gasteiger partial charge on any atom is 0.388 e. The van der Waals surface area contributed by atoms with Gasteiger partial charge in [0.25, 0.3) is 0 Å². The number of hydrogen-bond donors (Lipinski definition) is 0. The van der Waals surface area contributed by atoms with Crippen LogP contribution in [0.1, 0.15) is 5.69 Å². The summed E-state index contributed by atoms with van der Waals surface area (Å²) >= 11 is 0.879. The second-order valence-electron chi connectivity index (χ2n) is 4.31. The molecule has 0 aliphatic carbocycles. The van der Waals surface area contributed by atoms with Crippen molar-refractivity contribution in [2.45, 2.75) is 11.1 Å². The Labute approximate surface area is 119 Å². The van der Waals surface area contributed by atoms with Gasteiger partial charge in [-0.2, -0.15) is 4.40 Å². The van der Waals surface area contributed by atoms with Crippen molar-refractivity contribution in [1.29, 1.82) is 0 Å². The average molecular weight is 306 g/mol. The summed E-state index contributed by atoms with van der Waals surface area (Å²) in [4.78, 5) is 4.76. The van der Waals surface area contributed by atoms with E-state index in [0.717, 1.165) is 28.3 Å². The molecule has 5 nitrogen and oxygen atoms in total. The first kappa shape index (κ1) is 13.2. The molecule has 0 bridgehead atoms. The molecule has 0 N–H and O–H groups in total. The van der Waals surface area contributed by atoms with Crippen LogP contribution in [0, 0.1) is 6.92 Å². The van der Waals surface area contributed by atoms with Gasteiger partial charge in [-0.1, -0.05) is 30.3 Å². The van der Waals surface area contributed by atoms with E-state index >= 15 is 0 Å². The molecule has 0 amide bonds. The smallest absolute Gasteiger partial charge is 0.388 e. The van der Waals surface area contributed by atoms with Crippen molar-refractivity contribution in [3.05, 3.63) is 48.3 Å². The Bertz CT molecular complexity index is 887. The van der Waals surface area contributed by atoms with E-state index in [1.807, 2.05) is 43.3 Å². The van der Waals surface area contributed by atoms with Gasteiger partial charge in [-0.05, 0) is 16.3 Å². The van der Waals surface area contributed by atoms with Gasteiger partial charge in [0.2, 0.25) is 0 Å². The van der Waals surface area contributed by atoms with Gasteiger partial charge in [0.1, 0.15) is 22.0 Å². The number of benzene rings is 1. The predicted molar refractivity (Wildman–Crippen MR) is 73.4 cm³/mol. The second kappa shape index (κ2) is 4.62.